The van der Waals surface area contributed by atoms with Gasteiger partial charge in [-0.15, -0.1) is 0 Å². The van der Waals surface area contributed by atoms with Crippen molar-refractivity contribution < 1.29 is 23.8 Å². The molecular weight excluding hydrogens is 308 g/mol. The van der Waals surface area contributed by atoms with Crippen LogP contribution in [0.5, 0.6) is 0 Å². The van der Waals surface area contributed by atoms with E-state index in [0.717, 1.165) is 6.07 Å². The summed E-state index contributed by atoms with van der Waals surface area (Å²) in [7, 11) is 0. The minimum absolute atomic E-state index is 0.0690. The van der Waals surface area contributed by atoms with E-state index in [2.05, 4.69) is 15.5 Å². The Balaban J connectivity index is 1.82. The molecule has 0 fully saturated rings. The van der Waals surface area contributed by atoms with Crippen molar-refractivity contribution in [3.05, 3.63) is 51.7 Å². The summed E-state index contributed by atoms with van der Waals surface area (Å²) in [6, 6.07) is 5.15. The molecule has 120 valence electrons. The number of nitrogens with zero attached hydrogens (tertiary/aromatic N) is 3. The first-order valence-electron chi connectivity index (χ1n) is 6.43. The van der Waals surface area contributed by atoms with Crippen LogP contribution in [0.4, 0.5) is 5.69 Å². The molecule has 1 heterocycles. The Morgan fingerprint density at radius 1 is 1.43 bits per heavy atom. The van der Waals surface area contributed by atoms with Gasteiger partial charge in [-0.25, -0.2) is 0 Å². The van der Waals surface area contributed by atoms with Crippen LogP contribution in [-0.4, -0.2) is 33.5 Å². The number of ether oxygens (including phenoxy) is 1. The molecule has 23 heavy (non-hydrogen) atoms. The molecule has 1 aromatic carbocycles. The molecular formula is C13H12N4O6. The number of nitro benzene ring substituents is 1. The Bertz CT molecular complexity index is 742. The van der Waals surface area contributed by atoms with Gasteiger partial charge in [-0.2, -0.15) is 4.98 Å². The standard InChI is InChI=1S/C13H12N4O6/c1-8-15-11(23-16-8)7-22-12(18)6-14-13(19)9-3-2-4-10(5-9)17(20)21/h2-5H,6-7H2,1H3,(H,14,19). The van der Waals surface area contributed by atoms with Crippen molar-refractivity contribution in [2.24, 2.45) is 0 Å². The number of hydrogen-bond donors (Lipinski definition) is 1. The lowest BCUT2D eigenvalue weighted by Crippen LogP contribution is -2.30. The molecule has 0 aliphatic carbocycles. The molecule has 0 unspecified atom stereocenters. The largest absolute Gasteiger partial charge is 0.454 e. The first-order chi connectivity index (χ1) is 11.0. The fourth-order valence-electron chi connectivity index (χ4n) is 1.61. The predicted molar refractivity (Wildman–Crippen MR) is 74.3 cm³/mol. The number of nitrogens with one attached hydrogen (secondary N) is 1. The molecule has 1 aromatic heterocycles. The van der Waals surface area contributed by atoms with E-state index in [4.69, 9.17) is 9.26 Å². The third kappa shape index (κ3) is 4.59. The molecule has 1 amide bonds. The van der Waals surface area contributed by atoms with Crippen molar-refractivity contribution in [2.45, 2.75) is 13.5 Å². The van der Waals surface area contributed by atoms with Crippen molar-refractivity contribution >= 4 is 17.6 Å². The maximum Gasteiger partial charge on any atom is 0.325 e. The quantitative estimate of drug-likeness (QED) is 0.467. The molecule has 0 aliphatic heterocycles. The maximum absolute atomic E-state index is 11.8. The molecule has 0 bridgehead atoms. The van der Waals surface area contributed by atoms with Gasteiger partial charge in [-0.3, -0.25) is 19.7 Å². The average Bonchev–Trinajstić information content (AvgIpc) is 2.96. The second kappa shape index (κ2) is 7.11. The number of rotatable bonds is 6. The zero-order chi connectivity index (χ0) is 16.8. The lowest BCUT2D eigenvalue weighted by atomic mass is 10.2. The molecule has 2 rings (SSSR count). The normalized spacial score (nSPS) is 10.1. The minimum atomic E-state index is -0.709. The van der Waals surface area contributed by atoms with Crippen LogP contribution in [0, 0.1) is 17.0 Å². The topological polar surface area (TPSA) is 137 Å². The van der Waals surface area contributed by atoms with Gasteiger partial charge in [0.05, 0.1) is 4.92 Å². The van der Waals surface area contributed by atoms with Crippen molar-refractivity contribution in [3.63, 3.8) is 0 Å². The number of aryl methyl sites for hydroxylation is 1. The predicted octanol–water partition coefficient (Wildman–Crippen LogP) is 0.759. The summed E-state index contributed by atoms with van der Waals surface area (Å²) < 4.78 is 9.59. The van der Waals surface area contributed by atoms with E-state index in [1.54, 1.807) is 6.92 Å². The van der Waals surface area contributed by atoms with Gasteiger partial charge in [0.15, 0.2) is 12.4 Å². The highest BCUT2D eigenvalue weighted by molar-refractivity contribution is 5.96. The van der Waals surface area contributed by atoms with E-state index in [9.17, 15) is 19.7 Å². The highest BCUT2D eigenvalue weighted by Crippen LogP contribution is 2.12. The molecule has 2 aromatic rings. The summed E-state index contributed by atoms with van der Waals surface area (Å²) >= 11 is 0. The summed E-state index contributed by atoms with van der Waals surface area (Å²) in [5, 5.41) is 16.5. The first kappa shape index (κ1) is 16.1. The van der Waals surface area contributed by atoms with Crippen LogP contribution >= 0.6 is 0 Å². The molecule has 0 aliphatic rings. The van der Waals surface area contributed by atoms with Crippen LogP contribution in [0.15, 0.2) is 28.8 Å². The number of carbonyl (C=O) groups excluding carboxylic acids is 2. The number of esters is 1. The van der Waals surface area contributed by atoms with Crippen LogP contribution in [0.2, 0.25) is 0 Å². The smallest absolute Gasteiger partial charge is 0.325 e. The van der Waals surface area contributed by atoms with Crippen molar-refractivity contribution in [2.75, 3.05) is 6.54 Å². The fourth-order valence-corrected chi connectivity index (χ4v) is 1.61. The van der Waals surface area contributed by atoms with E-state index in [0.29, 0.717) is 5.82 Å². The minimum Gasteiger partial charge on any atom is -0.454 e. The van der Waals surface area contributed by atoms with Gasteiger partial charge in [0.1, 0.15) is 6.54 Å². The zero-order valence-corrected chi connectivity index (χ0v) is 12.0. The van der Waals surface area contributed by atoms with Crippen LogP contribution in [0.1, 0.15) is 22.1 Å². The van der Waals surface area contributed by atoms with E-state index in [1.807, 2.05) is 0 Å². The maximum atomic E-state index is 11.8. The highest BCUT2D eigenvalue weighted by Gasteiger charge is 2.13. The van der Waals surface area contributed by atoms with Gasteiger partial charge in [0, 0.05) is 17.7 Å². The number of non-ortho nitro benzene ring substituents is 1. The number of amides is 1. The van der Waals surface area contributed by atoms with Crippen LogP contribution in [0.3, 0.4) is 0 Å². The molecule has 1 N–H and O–H groups in total. The highest BCUT2D eigenvalue weighted by atomic mass is 16.6. The molecule has 0 spiro atoms. The summed E-state index contributed by atoms with van der Waals surface area (Å²) in [6.07, 6.45) is 0. The van der Waals surface area contributed by atoms with Gasteiger partial charge >= 0.3 is 5.97 Å². The van der Waals surface area contributed by atoms with Crippen LogP contribution < -0.4 is 5.32 Å². The molecule has 10 nitrogen and oxygen atoms in total. The third-order valence-electron chi connectivity index (χ3n) is 2.64. The fraction of sp³-hybridized carbons (Fsp3) is 0.231. The Morgan fingerprint density at radius 3 is 2.87 bits per heavy atom. The summed E-state index contributed by atoms with van der Waals surface area (Å²) in [4.78, 5) is 37.2. The molecule has 0 saturated heterocycles. The Labute approximate surface area is 129 Å². The average molecular weight is 320 g/mol. The monoisotopic (exact) mass is 320 g/mol. The number of aromatic nitrogens is 2. The van der Waals surface area contributed by atoms with Crippen molar-refractivity contribution in [1.82, 2.24) is 15.5 Å². The second-order valence-electron chi connectivity index (χ2n) is 4.39. The summed E-state index contributed by atoms with van der Waals surface area (Å²) in [5.41, 5.74) is -0.147. The van der Waals surface area contributed by atoms with E-state index in [-0.39, 0.29) is 23.7 Å². The van der Waals surface area contributed by atoms with Crippen LogP contribution in [0.25, 0.3) is 0 Å². The Kier molecular flexibility index (Phi) is 4.97. The summed E-state index contributed by atoms with van der Waals surface area (Å²) in [6.45, 7) is 1.02. The Hall–Kier alpha value is -3.30. The molecule has 0 radical (unpaired) electrons. The Morgan fingerprint density at radius 2 is 2.22 bits per heavy atom. The van der Waals surface area contributed by atoms with Gasteiger partial charge in [0.25, 0.3) is 17.5 Å². The number of nitro groups is 1. The van der Waals surface area contributed by atoms with Gasteiger partial charge in [0.2, 0.25) is 0 Å². The SMILES string of the molecule is Cc1noc(COC(=O)CNC(=O)c2cccc([N+](=O)[O-])c2)n1. The van der Waals surface area contributed by atoms with Crippen molar-refractivity contribution in [1.29, 1.82) is 0 Å². The summed E-state index contributed by atoms with van der Waals surface area (Å²) in [5.74, 6) is -0.783. The number of benzene rings is 1. The van der Waals surface area contributed by atoms with Gasteiger partial charge < -0.3 is 14.6 Å². The zero-order valence-electron chi connectivity index (χ0n) is 12.0. The van der Waals surface area contributed by atoms with E-state index >= 15 is 0 Å². The molecule has 0 atom stereocenters. The first-order valence-corrected chi connectivity index (χ1v) is 6.43. The van der Waals surface area contributed by atoms with Crippen molar-refractivity contribution in [3.8, 4) is 0 Å². The van der Waals surface area contributed by atoms with Gasteiger partial charge in [-0.1, -0.05) is 11.2 Å². The van der Waals surface area contributed by atoms with Gasteiger partial charge in [-0.05, 0) is 13.0 Å². The lowest BCUT2D eigenvalue weighted by molar-refractivity contribution is -0.384. The number of carbonyl (C=O) groups is 2. The molecule has 10 heteroatoms. The van der Waals surface area contributed by atoms with Crippen LogP contribution in [-0.2, 0) is 16.1 Å². The van der Waals surface area contributed by atoms with E-state index in [1.165, 1.54) is 18.2 Å². The molecule has 0 saturated carbocycles. The third-order valence-corrected chi connectivity index (χ3v) is 2.64. The second-order valence-corrected chi connectivity index (χ2v) is 4.39. The van der Waals surface area contributed by atoms with E-state index < -0.39 is 23.3 Å². The number of hydrogen-bond acceptors (Lipinski definition) is 8. The lowest BCUT2D eigenvalue weighted by Gasteiger charge is -2.05.